The first-order valence-corrected chi connectivity index (χ1v) is 8.44. The molecule has 19 heavy (non-hydrogen) atoms. The van der Waals surface area contributed by atoms with Crippen LogP contribution in [0.3, 0.4) is 0 Å². The van der Waals surface area contributed by atoms with Crippen LogP contribution in [-0.2, 0) is 16.9 Å². The molecule has 1 saturated carbocycles. The van der Waals surface area contributed by atoms with Crippen LogP contribution < -0.4 is 5.32 Å². The highest BCUT2D eigenvalue weighted by atomic mass is 32.2. The van der Waals surface area contributed by atoms with Gasteiger partial charge in [0.15, 0.2) is 0 Å². The van der Waals surface area contributed by atoms with Crippen LogP contribution in [0.15, 0.2) is 18.3 Å². The third-order valence-corrected chi connectivity index (χ3v) is 5.38. The average Bonchev–Trinajstić information content (AvgIpc) is 2.75. The van der Waals surface area contributed by atoms with Crippen molar-refractivity contribution < 1.29 is 13.2 Å². The fourth-order valence-corrected chi connectivity index (χ4v) is 3.80. The molecule has 5 nitrogen and oxygen atoms in total. The fourth-order valence-electron chi connectivity index (χ4n) is 2.62. The number of aryl methyl sites for hydroxylation is 1. The Morgan fingerprint density at radius 3 is 2.74 bits per heavy atom. The first kappa shape index (κ1) is 14.1. The van der Waals surface area contributed by atoms with E-state index in [2.05, 4.69) is 5.32 Å². The van der Waals surface area contributed by atoms with Crippen LogP contribution in [0.4, 0.5) is 0 Å². The van der Waals surface area contributed by atoms with Gasteiger partial charge in [-0.15, -0.1) is 0 Å². The van der Waals surface area contributed by atoms with Gasteiger partial charge in [0, 0.05) is 25.5 Å². The number of hydrogen-bond donors (Lipinski definition) is 1. The van der Waals surface area contributed by atoms with Crippen LogP contribution in [-0.4, -0.2) is 36.4 Å². The van der Waals surface area contributed by atoms with Gasteiger partial charge in [-0.1, -0.05) is 6.42 Å². The normalized spacial score (nSPS) is 24.1. The number of nitrogens with one attached hydrogen (secondary N) is 1. The monoisotopic (exact) mass is 284 g/mol. The van der Waals surface area contributed by atoms with Gasteiger partial charge >= 0.3 is 0 Å². The lowest BCUT2D eigenvalue weighted by molar-refractivity contribution is 0.0919. The van der Waals surface area contributed by atoms with Gasteiger partial charge < -0.3 is 9.88 Å². The third kappa shape index (κ3) is 3.37. The summed E-state index contributed by atoms with van der Waals surface area (Å²) in [6, 6.07) is 3.53. The van der Waals surface area contributed by atoms with Gasteiger partial charge in [-0.2, -0.15) is 0 Å². The molecule has 1 aliphatic carbocycles. The molecule has 2 atom stereocenters. The number of carbonyl (C=O) groups excluding carboxylic acids is 1. The lowest BCUT2D eigenvalue weighted by Gasteiger charge is -2.28. The molecule has 106 valence electrons. The van der Waals surface area contributed by atoms with Crippen molar-refractivity contribution in [3.8, 4) is 0 Å². The Kier molecular flexibility index (Phi) is 3.99. The summed E-state index contributed by atoms with van der Waals surface area (Å²) in [5, 5.41) is 2.62. The molecule has 1 aliphatic rings. The van der Waals surface area contributed by atoms with Gasteiger partial charge in [0.25, 0.3) is 5.91 Å². The maximum absolute atomic E-state index is 12.1. The Bertz CT molecular complexity index is 562. The molecule has 1 heterocycles. The van der Waals surface area contributed by atoms with Gasteiger partial charge in [0.05, 0.1) is 5.25 Å². The summed E-state index contributed by atoms with van der Waals surface area (Å²) < 4.78 is 24.9. The summed E-state index contributed by atoms with van der Waals surface area (Å²) >= 11 is 0. The largest absolute Gasteiger partial charge is 0.348 e. The second kappa shape index (κ2) is 5.36. The van der Waals surface area contributed by atoms with E-state index in [0.29, 0.717) is 18.5 Å². The molecule has 0 radical (unpaired) electrons. The van der Waals surface area contributed by atoms with E-state index in [-0.39, 0.29) is 17.2 Å². The molecule has 2 rings (SSSR count). The summed E-state index contributed by atoms with van der Waals surface area (Å²) in [4.78, 5) is 12.1. The molecule has 0 bridgehead atoms. The maximum atomic E-state index is 12.1. The van der Waals surface area contributed by atoms with E-state index in [4.69, 9.17) is 0 Å². The van der Waals surface area contributed by atoms with Gasteiger partial charge in [0.1, 0.15) is 15.5 Å². The van der Waals surface area contributed by atoms with Crippen LogP contribution in [0, 0.1) is 0 Å². The molecule has 0 aliphatic heterocycles. The van der Waals surface area contributed by atoms with E-state index in [1.165, 1.54) is 6.26 Å². The zero-order valence-electron chi connectivity index (χ0n) is 11.3. The van der Waals surface area contributed by atoms with Crippen molar-refractivity contribution >= 4 is 15.7 Å². The quantitative estimate of drug-likeness (QED) is 0.904. The average molecular weight is 284 g/mol. The number of aromatic nitrogens is 1. The topological polar surface area (TPSA) is 68.2 Å². The van der Waals surface area contributed by atoms with Crippen molar-refractivity contribution in [1.82, 2.24) is 9.88 Å². The highest BCUT2D eigenvalue weighted by molar-refractivity contribution is 7.91. The van der Waals surface area contributed by atoms with Crippen LogP contribution in [0.5, 0.6) is 0 Å². The molecule has 1 aromatic heterocycles. The van der Waals surface area contributed by atoms with E-state index >= 15 is 0 Å². The zero-order valence-corrected chi connectivity index (χ0v) is 12.1. The second-order valence-corrected chi connectivity index (χ2v) is 7.62. The van der Waals surface area contributed by atoms with Crippen molar-refractivity contribution in [2.24, 2.45) is 7.05 Å². The summed E-state index contributed by atoms with van der Waals surface area (Å²) in [6.07, 6.45) is 6.01. The molecule has 1 amide bonds. The number of sulfone groups is 1. The van der Waals surface area contributed by atoms with Crippen molar-refractivity contribution in [1.29, 1.82) is 0 Å². The third-order valence-electron chi connectivity index (χ3n) is 3.74. The summed E-state index contributed by atoms with van der Waals surface area (Å²) in [6.45, 7) is 0. The Labute approximate surface area is 113 Å². The first-order chi connectivity index (χ1) is 8.88. The molecule has 1 N–H and O–H groups in total. The summed E-state index contributed by atoms with van der Waals surface area (Å²) in [5.74, 6) is -0.133. The minimum Gasteiger partial charge on any atom is -0.348 e. The minimum atomic E-state index is -3.01. The number of nitrogens with zero attached hydrogens (tertiary/aromatic N) is 1. The lowest BCUT2D eigenvalue weighted by Crippen LogP contribution is -2.42. The van der Waals surface area contributed by atoms with Crippen molar-refractivity contribution in [2.45, 2.75) is 37.0 Å². The lowest BCUT2D eigenvalue weighted by atomic mass is 9.95. The smallest absolute Gasteiger partial charge is 0.268 e. The second-order valence-electron chi connectivity index (χ2n) is 5.29. The Balaban J connectivity index is 2.00. The molecule has 0 aromatic carbocycles. The van der Waals surface area contributed by atoms with Crippen LogP contribution in [0.2, 0.25) is 0 Å². The Hall–Kier alpha value is -1.30. The number of rotatable bonds is 3. The minimum absolute atomic E-state index is 0.0455. The Morgan fingerprint density at radius 1 is 1.42 bits per heavy atom. The van der Waals surface area contributed by atoms with Gasteiger partial charge in [-0.3, -0.25) is 4.79 Å². The predicted octanol–water partition coefficient (Wildman–Crippen LogP) is 1.11. The molecule has 6 heteroatoms. The number of hydrogen-bond acceptors (Lipinski definition) is 3. The van der Waals surface area contributed by atoms with Crippen LogP contribution in [0.25, 0.3) is 0 Å². The molecule has 1 aromatic rings. The van der Waals surface area contributed by atoms with Gasteiger partial charge in [0.2, 0.25) is 0 Å². The van der Waals surface area contributed by atoms with E-state index < -0.39 is 9.84 Å². The first-order valence-electron chi connectivity index (χ1n) is 6.49. The molecule has 0 spiro atoms. The van der Waals surface area contributed by atoms with Gasteiger partial charge in [-0.25, -0.2) is 8.42 Å². The molecule has 0 saturated heterocycles. The fraction of sp³-hybridized carbons (Fsp3) is 0.615. The molecule has 1 fully saturated rings. The predicted molar refractivity (Wildman–Crippen MR) is 73.8 cm³/mol. The number of amides is 1. The highest BCUT2D eigenvalue weighted by Gasteiger charge is 2.29. The summed E-state index contributed by atoms with van der Waals surface area (Å²) in [7, 11) is -1.20. The maximum Gasteiger partial charge on any atom is 0.268 e. The van der Waals surface area contributed by atoms with E-state index in [1.54, 1.807) is 10.6 Å². The van der Waals surface area contributed by atoms with E-state index in [1.807, 2.05) is 19.3 Å². The van der Waals surface area contributed by atoms with E-state index in [9.17, 15) is 13.2 Å². The standard InChI is InChI=1S/C13H20N2O3S/c1-15-8-4-7-12(15)13(16)14-10-5-3-6-11(9-10)19(2,17)18/h4,7-8,10-11H,3,5-6,9H2,1-2H3,(H,14,16)/t10-,11-/m1/s1. The van der Waals surface area contributed by atoms with Crippen LogP contribution in [0.1, 0.15) is 36.2 Å². The van der Waals surface area contributed by atoms with E-state index in [0.717, 1.165) is 12.8 Å². The zero-order chi connectivity index (χ0) is 14.0. The summed E-state index contributed by atoms with van der Waals surface area (Å²) in [5.41, 5.74) is 0.599. The van der Waals surface area contributed by atoms with Crippen LogP contribution >= 0.6 is 0 Å². The van der Waals surface area contributed by atoms with Crippen molar-refractivity contribution in [2.75, 3.05) is 6.26 Å². The van der Waals surface area contributed by atoms with Crippen molar-refractivity contribution in [3.05, 3.63) is 24.0 Å². The number of carbonyl (C=O) groups is 1. The van der Waals surface area contributed by atoms with Crippen molar-refractivity contribution in [3.63, 3.8) is 0 Å². The molecule has 0 unspecified atom stereocenters. The van der Waals surface area contributed by atoms with Gasteiger partial charge in [-0.05, 0) is 31.4 Å². The SMILES string of the molecule is Cn1cccc1C(=O)N[C@@H]1CCC[C@@H](S(C)(=O)=O)C1. The molecular formula is C13H20N2O3S. The highest BCUT2D eigenvalue weighted by Crippen LogP contribution is 2.24. The Morgan fingerprint density at radius 2 is 2.16 bits per heavy atom. The molecular weight excluding hydrogens is 264 g/mol.